The Labute approximate surface area is 181 Å². The van der Waals surface area contributed by atoms with Crippen LogP contribution in [0.5, 0.6) is 28.7 Å². The molecule has 2 aromatic carbocycles. The molecule has 6 heteroatoms. The van der Waals surface area contributed by atoms with E-state index in [-0.39, 0.29) is 58.0 Å². The van der Waals surface area contributed by atoms with Crippen LogP contribution in [-0.4, -0.2) is 26.2 Å². The summed E-state index contributed by atoms with van der Waals surface area (Å²) >= 11 is 0. The van der Waals surface area contributed by atoms with Gasteiger partial charge in [-0.05, 0) is 51.7 Å². The summed E-state index contributed by atoms with van der Waals surface area (Å²) in [5, 5.41) is 41.1. The predicted octanol–water partition coefficient (Wildman–Crippen LogP) is 5.31. The molecule has 0 saturated heterocycles. The number of hydrogen-bond donors (Lipinski definition) is 4. The van der Waals surface area contributed by atoms with E-state index >= 15 is 0 Å². The van der Waals surface area contributed by atoms with E-state index in [9.17, 15) is 25.2 Å². The van der Waals surface area contributed by atoms with Gasteiger partial charge in [0.05, 0.1) is 6.42 Å². The molecule has 3 rings (SSSR count). The fourth-order valence-electron chi connectivity index (χ4n) is 3.76. The molecule has 1 aliphatic heterocycles. The van der Waals surface area contributed by atoms with E-state index in [0.717, 1.165) is 11.1 Å². The van der Waals surface area contributed by atoms with E-state index < -0.39 is 6.10 Å². The van der Waals surface area contributed by atoms with Crippen LogP contribution in [-0.2, 0) is 6.42 Å². The van der Waals surface area contributed by atoms with Crippen LogP contribution in [0.15, 0.2) is 48.1 Å². The van der Waals surface area contributed by atoms with Crippen molar-refractivity contribution in [2.24, 2.45) is 5.92 Å². The van der Waals surface area contributed by atoms with Crippen LogP contribution >= 0.6 is 0 Å². The minimum absolute atomic E-state index is 0.00828. The molecule has 0 saturated carbocycles. The molecular weight excluding hydrogens is 396 g/mol. The SMILES string of the molecule is C=C(C)[C@H](CC=C(C)C)Cc1c(O)cc2c(c1O)C(=O)C[C@H](c1ccc(O)cc1O)O2. The fourth-order valence-corrected chi connectivity index (χ4v) is 3.76. The lowest BCUT2D eigenvalue weighted by Gasteiger charge is -2.28. The average molecular weight is 424 g/mol. The molecule has 1 heterocycles. The van der Waals surface area contributed by atoms with Gasteiger partial charge in [-0.1, -0.05) is 23.8 Å². The number of Topliss-reactive ketones (excluding diaryl/α,β-unsaturated/α-hetero) is 1. The Morgan fingerprint density at radius 2 is 1.87 bits per heavy atom. The Morgan fingerprint density at radius 3 is 2.48 bits per heavy atom. The molecule has 0 aliphatic carbocycles. The molecule has 31 heavy (non-hydrogen) atoms. The van der Waals surface area contributed by atoms with E-state index in [1.54, 1.807) is 0 Å². The van der Waals surface area contributed by atoms with Crippen LogP contribution in [0.25, 0.3) is 0 Å². The first-order chi connectivity index (χ1) is 14.6. The molecule has 0 spiro atoms. The molecule has 1 aliphatic rings. The van der Waals surface area contributed by atoms with Gasteiger partial charge in [-0.15, -0.1) is 0 Å². The van der Waals surface area contributed by atoms with Crippen LogP contribution in [0.3, 0.4) is 0 Å². The van der Waals surface area contributed by atoms with Crippen LogP contribution in [0.1, 0.15) is 61.2 Å². The third-order valence-electron chi connectivity index (χ3n) is 5.58. The number of benzene rings is 2. The van der Waals surface area contributed by atoms with Crippen molar-refractivity contribution < 1.29 is 30.0 Å². The molecule has 0 fully saturated rings. The maximum absolute atomic E-state index is 12.9. The number of rotatable bonds is 6. The Morgan fingerprint density at radius 1 is 1.16 bits per heavy atom. The number of carbonyl (C=O) groups excluding carboxylic acids is 1. The number of fused-ring (bicyclic) bond motifs is 1. The molecule has 2 atom stereocenters. The largest absolute Gasteiger partial charge is 0.508 e. The second kappa shape index (κ2) is 8.76. The molecule has 0 aromatic heterocycles. The van der Waals surface area contributed by atoms with Gasteiger partial charge in [-0.25, -0.2) is 0 Å². The van der Waals surface area contributed by atoms with Gasteiger partial charge in [0, 0.05) is 23.3 Å². The number of phenols is 4. The zero-order chi connectivity index (χ0) is 22.9. The lowest BCUT2D eigenvalue weighted by atomic mass is 9.86. The van der Waals surface area contributed by atoms with Crippen molar-refractivity contribution in [1.82, 2.24) is 0 Å². The van der Waals surface area contributed by atoms with E-state index in [2.05, 4.69) is 12.7 Å². The van der Waals surface area contributed by atoms with E-state index in [1.165, 1.54) is 24.3 Å². The maximum Gasteiger partial charge on any atom is 0.174 e. The highest BCUT2D eigenvalue weighted by Crippen LogP contribution is 2.46. The third kappa shape index (κ3) is 4.68. The Bertz CT molecular complexity index is 1060. The first-order valence-corrected chi connectivity index (χ1v) is 10.2. The minimum Gasteiger partial charge on any atom is -0.508 e. The molecule has 164 valence electrons. The second-order valence-electron chi connectivity index (χ2n) is 8.34. The van der Waals surface area contributed by atoms with Gasteiger partial charge in [0.15, 0.2) is 5.78 Å². The summed E-state index contributed by atoms with van der Waals surface area (Å²) < 4.78 is 5.85. The lowest BCUT2D eigenvalue weighted by Crippen LogP contribution is -2.21. The third-order valence-corrected chi connectivity index (χ3v) is 5.58. The molecule has 2 aromatic rings. The van der Waals surface area contributed by atoms with Crippen molar-refractivity contribution >= 4 is 5.78 Å². The summed E-state index contributed by atoms with van der Waals surface area (Å²) in [5.74, 6) is -1.05. The average Bonchev–Trinajstić information content (AvgIpc) is 2.66. The van der Waals surface area contributed by atoms with Crippen molar-refractivity contribution in [2.75, 3.05) is 0 Å². The van der Waals surface area contributed by atoms with Crippen molar-refractivity contribution in [3.63, 3.8) is 0 Å². The van der Waals surface area contributed by atoms with Gasteiger partial charge in [0.2, 0.25) is 0 Å². The number of carbonyl (C=O) groups is 1. The van der Waals surface area contributed by atoms with Crippen molar-refractivity contribution in [2.45, 2.75) is 46.1 Å². The van der Waals surface area contributed by atoms with Crippen LogP contribution < -0.4 is 4.74 Å². The van der Waals surface area contributed by atoms with Gasteiger partial charge in [0.25, 0.3) is 0 Å². The maximum atomic E-state index is 12.9. The first-order valence-electron chi connectivity index (χ1n) is 10.2. The zero-order valence-corrected chi connectivity index (χ0v) is 18.0. The van der Waals surface area contributed by atoms with Gasteiger partial charge in [0.1, 0.15) is 40.4 Å². The highest BCUT2D eigenvalue weighted by Gasteiger charge is 2.34. The molecular formula is C25H28O6. The molecule has 0 unspecified atom stereocenters. The minimum atomic E-state index is -0.800. The Hall–Kier alpha value is -3.41. The number of ketones is 1. The number of allylic oxidation sites excluding steroid dienone is 3. The number of aromatic hydroxyl groups is 4. The topological polar surface area (TPSA) is 107 Å². The predicted molar refractivity (Wildman–Crippen MR) is 118 cm³/mol. The van der Waals surface area contributed by atoms with E-state index in [4.69, 9.17) is 4.74 Å². The molecule has 0 amide bonds. The smallest absolute Gasteiger partial charge is 0.174 e. The lowest BCUT2D eigenvalue weighted by molar-refractivity contribution is 0.0841. The highest BCUT2D eigenvalue weighted by atomic mass is 16.5. The van der Waals surface area contributed by atoms with Crippen molar-refractivity contribution in [3.05, 3.63) is 64.8 Å². The number of hydrogen-bond acceptors (Lipinski definition) is 6. The zero-order valence-electron chi connectivity index (χ0n) is 18.0. The van der Waals surface area contributed by atoms with E-state index in [1.807, 2.05) is 20.8 Å². The Balaban J connectivity index is 1.95. The van der Waals surface area contributed by atoms with Gasteiger partial charge < -0.3 is 25.2 Å². The fraction of sp³-hybridized carbons (Fsp3) is 0.320. The summed E-state index contributed by atoms with van der Waals surface area (Å²) in [7, 11) is 0. The molecule has 4 N–H and O–H groups in total. The summed E-state index contributed by atoms with van der Waals surface area (Å²) in [6.45, 7) is 9.93. The normalized spacial score (nSPS) is 16.2. The van der Waals surface area contributed by atoms with E-state index in [0.29, 0.717) is 18.4 Å². The van der Waals surface area contributed by atoms with Gasteiger partial charge in [-0.2, -0.15) is 0 Å². The second-order valence-corrected chi connectivity index (χ2v) is 8.34. The molecule has 6 nitrogen and oxygen atoms in total. The van der Waals surface area contributed by atoms with Gasteiger partial charge in [-0.3, -0.25) is 4.79 Å². The van der Waals surface area contributed by atoms with Crippen LogP contribution in [0, 0.1) is 5.92 Å². The quantitative estimate of drug-likeness (QED) is 0.468. The number of ether oxygens (including phenoxy) is 1. The monoisotopic (exact) mass is 424 g/mol. The van der Waals surface area contributed by atoms with Crippen molar-refractivity contribution in [1.29, 1.82) is 0 Å². The highest BCUT2D eigenvalue weighted by molar-refractivity contribution is 6.03. The van der Waals surface area contributed by atoms with Crippen LogP contribution in [0.4, 0.5) is 0 Å². The first kappa shape index (κ1) is 22.3. The Kier molecular flexibility index (Phi) is 6.29. The molecule has 0 bridgehead atoms. The summed E-state index contributed by atoms with van der Waals surface area (Å²) in [6.07, 6.45) is 2.23. The standard InChI is InChI=1S/C25H28O6/c1-13(2)5-6-15(14(3)4)9-18-20(28)11-23-24(25(18)30)21(29)12-22(31-23)17-8-7-16(26)10-19(17)27/h5,7-8,10-11,15,22,26-28,30H,3,6,9,12H2,1-2,4H3/t15-,22-/m1/s1. The molecule has 0 radical (unpaired) electrons. The number of phenolic OH excluding ortho intramolecular Hbond substituents is 4. The van der Waals surface area contributed by atoms with Crippen molar-refractivity contribution in [3.8, 4) is 28.7 Å². The summed E-state index contributed by atoms with van der Waals surface area (Å²) in [5.41, 5.74) is 2.74. The van der Waals surface area contributed by atoms with Gasteiger partial charge >= 0.3 is 0 Å². The summed E-state index contributed by atoms with van der Waals surface area (Å²) in [6, 6.07) is 5.37. The van der Waals surface area contributed by atoms with Crippen LogP contribution in [0.2, 0.25) is 0 Å². The summed E-state index contributed by atoms with van der Waals surface area (Å²) in [4.78, 5) is 12.9.